The fourth-order valence-corrected chi connectivity index (χ4v) is 1.76. The van der Waals surface area contributed by atoms with Gasteiger partial charge in [-0.05, 0) is 26.0 Å². The minimum atomic E-state index is 0.183. The molecule has 0 aliphatic heterocycles. The number of imidazole rings is 1. The highest BCUT2D eigenvalue weighted by Crippen LogP contribution is 2.11. The molecule has 0 radical (unpaired) electrons. The van der Waals surface area contributed by atoms with Crippen molar-refractivity contribution < 1.29 is 0 Å². The largest absolute Gasteiger partial charge is 0.328 e. The smallest absolute Gasteiger partial charge is 0.137 e. The second-order valence-electron chi connectivity index (χ2n) is 3.79. The lowest BCUT2D eigenvalue weighted by atomic mass is 10.2. The predicted molar refractivity (Wildman–Crippen MR) is 57.3 cm³/mol. The van der Waals surface area contributed by atoms with Gasteiger partial charge in [0.15, 0.2) is 0 Å². The van der Waals surface area contributed by atoms with Crippen molar-refractivity contribution in [2.24, 2.45) is 5.73 Å². The fourth-order valence-electron chi connectivity index (χ4n) is 1.76. The summed E-state index contributed by atoms with van der Waals surface area (Å²) < 4.78 is 2.16. The number of nitrogens with two attached hydrogens (primary N) is 1. The molecular weight excluding hydrogens is 174 g/mol. The first kappa shape index (κ1) is 9.21. The maximum Gasteiger partial charge on any atom is 0.137 e. The Bertz CT molecular complexity index is 443. The summed E-state index contributed by atoms with van der Waals surface area (Å²) in [7, 11) is 0. The zero-order valence-corrected chi connectivity index (χ0v) is 8.57. The number of fused-ring (bicyclic) bond motifs is 1. The van der Waals surface area contributed by atoms with Crippen LogP contribution in [0, 0.1) is 6.92 Å². The number of hydrogen-bond acceptors (Lipinski definition) is 2. The normalized spacial score (nSPS) is 13.4. The van der Waals surface area contributed by atoms with Gasteiger partial charge in [0.25, 0.3) is 0 Å². The third kappa shape index (κ3) is 1.51. The van der Waals surface area contributed by atoms with Crippen LogP contribution in [0.15, 0.2) is 24.4 Å². The summed E-state index contributed by atoms with van der Waals surface area (Å²) in [5.41, 5.74) is 9.19. The molecule has 1 unspecified atom stereocenters. The van der Waals surface area contributed by atoms with Gasteiger partial charge in [0, 0.05) is 30.0 Å². The molecule has 0 saturated heterocycles. The maximum absolute atomic E-state index is 5.80. The molecule has 0 aromatic carbocycles. The number of hydrogen-bond donors (Lipinski definition) is 1. The average molecular weight is 189 g/mol. The van der Waals surface area contributed by atoms with Crippen LogP contribution >= 0.6 is 0 Å². The molecule has 2 aromatic heterocycles. The van der Waals surface area contributed by atoms with E-state index in [-0.39, 0.29) is 6.04 Å². The van der Waals surface area contributed by atoms with Crippen molar-refractivity contribution in [1.29, 1.82) is 0 Å². The molecule has 3 heteroatoms. The van der Waals surface area contributed by atoms with Gasteiger partial charge in [-0.25, -0.2) is 4.98 Å². The predicted octanol–water partition coefficient (Wildman–Crippen LogP) is 1.53. The van der Waals surface area contributed by atoms with Crippen LogP contribution in [-0.4, -0.2) is 15.4 Å². The van der Waals surface area contributed by atoms with Crippen molar-refractivity contribution in [1.82, 2.24) is 9.38 Å². The van der Waals surface area contributed by atoms with E-state index in [0.717, 1.165) is 17.8 Å². The molecule has 0 aliphatic rings. The molecule has 2 rings (SSSR count). The first-order valence-electron chi connectivity index (χ1n) is 4.86. The van der Waals surface area contributed by atoms with Crippen molar-refractivity contribution in [2.75, 3.05) is 0 Å². The van der Waals surface area contributed by atoms with Crippen molar-refractivity contribution in [3.8, 4) is 0 Å². The lowest BCUT2D eigenvalue weighted by Crippen LogP contribution is -2.19. The molecule has 2 N–H and O–H groups in total. The van der Waals surface area contributed by atoms with Gasteiger partial charge in [-0.3, -0.25) is 0 Å². The van der Waals surface area contributed by atoms with E-state index in [4.69, 9.17) is 5.73 Å². The van der Waals surface area contributed by atoms with E-state index in [1.165, 1.54) is 5.69 Å². The van der Waals surface area contributed by atoms with Crippen LogP contribution in [0.25, 0.3) is 5.65 Å². The molecule has 2 heterocycles. The molecule has 0 amide bonds. The van der Waals surface area contributed by atoms with E-state index in [1.807, 2.05) is 25.3 Å². The monoisotopic (exact) mass is 189 g/mol. The fraction of sp³-hybridized carbons (Fsp3) is 0.364. The highest BCUT2D eigenvalue weighted by atomic mass is 15.0. The van der Waals surface area contributed by atoms with Gasteiger partial charge in [0.2, 0.25) is 0 Å². The van der Waals surface area contributed by atoms with Crippen LogP contribution in [0.1, 0.15) is 18.3 Å². The zero-order valence-electron chi connectivity index (χ0n) is 8.57. The van der Waals surface area contributed by atoms with E-state index >= 15 is 0 Å². The van der Waals surface area contributed by atoms with E-state index in [2.05, 4.69) is 22.4 Å². The minimum Gasteiger partial charge on any atom is -0.328 e. The Morgan fingerprint density at radius 2 is 2.29 bits per heavy atom. The Balaban J connectivity index is 2.57. The Hall–Kier alpha value is -1.35. The lowest BCUT2D eigenvalue weighted by Gasteiger charge is -2.09. The molecule has 14 heavy (non-hydrogen) atoms. The van der Waals surface area contributed by atoms with Crippen LogP contribution in [-0.2, 0) is 6.42 Å². The molecule has 1 atom stereocenters. The molecule has 74 valence electrons. The summed E-state index contributed by atoms with van der Waals surface area (Å²) in [4.78, 5) is 4.31. The molecule has 0 fully saturated rings. The molecule has 0 aliphatic carbocycles. The van der Waals surface area contributed by atoms with Gasteiger partial charge in [-0.15, -0.1) is 0 Å². The molecule has 3 nitrogen and oxygen atoms in total. The summed E-state index contributed by atoms with van der Waals surface area (Å²) >= 11 is 0. The first-order valence-corrected chi connectivity index (χ1v) is 4.86. The number of aromatic nitrogens is 2. The van der Waals surface area contributed by atoms with Crippen LogP contribution < -0.4 is 5.73 Å². The summed E-state index contributed by atoms with van der Waals surface area (Å²) in [5, 5.41) is 0. The number of aryl methyl sites for hydroxylation is 1. The van der Waals surface area contributed by atoms with Gasteiger partial charge in [-0.1, -0.05) is 6.07 Å². The van der Waals surface area contributed by atoms with Gasteiger partial charge in [-0.2, -0.15) is 0 Å². The average Bonchev–Trinajstić information content (AvgIpc) is 2.48. The Morgan fingerprint density at radius 3 is 3.00 bits per heavy atom. The Morgan fingerprint density at radius 1 is 1.50 bits per heavy atom. The lowest BCUT2D eigenvalue weighted by molar-refractivity contribution is 0.712. The van der Waals surface area contributed by atoms with Crippen molar-refractivity contribution in [3.63, 3.8) is 0 Å². The van der Waals surface area contributed by atoms with Gasteiger partial charge >= 0.3 is 0 Å². The summed E-state index contributed by atoms with van der Waals surface area (Å²) in [6.07, 6.45) is 2.77. The molecular formula is C11H15N3. The standard InChI is InChI=1S/C11H15N3/c1-8(12)6-10-4-3-5-11-13-7-9(2)14(10)11/h3-5,7-8H,6,12H2,1-2H3. The first-order chi connectivity index (χ1) is 6.68. The summed E-state index contributed by atoms with van der Waals surface area (Å²) in [5.74, 6) is 0. The quantitative estimate of drug-likeness (QED) is 0.778. The van der Waals surface area contributed by atoms with Crippen LogP contribution in [0.4, 0.5) is 0 Å². The van der Waals surface area contributed by atoms with Gasteiger partial charge in [0.05, 0.1) is 0 Å². The van der Waals surface area contributed by atoms with Crippen molar-refractivity contribution in [3.05, 3.63) is 35.8 Å². The second-order valence-corrected chi connectivity index (χ2v) is 3.79. The van der Waals surface area contributed by atoms with E-state index in [0.29, 0.717) is 0 Å². The van der Waals surface area contributed by atoms with Gasteiger partial charge < -0.3 is 10.1 Å². The third-order valence-electron chi connectivity index (χ3n) is 2.32. The minimum absolute atomic E-state index is 0.183. The zero-order chi connectivity index (χ0) is 10.1. The summed E-state index contributed by atoms with van der Waals surface area (Å²) in [6, 6.07) is 6.32. The Labute approximate surface area is 83.6 Å². The highest BCUT2D eigenvalue weighted by Gasteiger charge is 2.05. The van der Waals surface area contributed by atoms with E-state index < -0.39 is 0 Å². The number of pyridine rings is 1. The van der Waals surface area contributed by atoms with Crippen LogP contribution in [0.2, 0.25) is 0 Å². The van der Waals surface area contributed by atoms with Crippen LogP contribution in [0.5, 0.6) is 0 Å². The second kappa shape index (κ2) is 3.42. The van der Waals surface area contributed by atoms with Crippen molar-refractivity contribution >= 4 is 5.65 Å². The highest BCUT2D eigenvalue weighted by molar-refractivity contribution is 5.42. The molecule has 0 saturated carbocycles. The van der Waals surface area contributed by atoms with E-state index in [9.17, 15) is 0 Å². The van der Waals surface area contributed by atoms with Gasteiger partial charge in [0.1, 0.15) is 5.65 Å². The maximum atomic E-state index is 5.80. The van der Waals surface area contributed by atoms with E-state index in [1.54, 1.807) is 0 Å². The number of rotatable bonds is 2. The summed E-state index contributed by atoms with van der Waals surface area (Å²) in [6.45, 7) is 4.08. The third-order valence-corrected chi connectivity index (χ3v) is 2.32. The van der Waals surface area contributed by atoms with Crippen molar-refractivity contribution in [2.45, 2.75) is 26.3 Å². The SMILES string of the molecule is Cc1cnc2cccc(CC(C)N)n12. The molecule has 2 aromatic rings. The van der Waals surface area contributed by atoms with Crippen LogP contribution in [0.3, 0.4) is 0 Å². The number of nitrogens with zero attached hydrogens (tertiary/aromatic N) is 2. The molecule has 0 spiro atoms. The molecule has 0 bridgehead atoms. The Kier molecular flexibility index (Phi) is 2.25. The topological polar surface area (TPSA) is 43.3 Å².